The SMILES string of the molecule is COc1cccc(-n2c(C)nc3c(N/N=C/c4cccc(C)c4)nc(Cl)nc32)c1. The molecule has 4 rings (SSSR count). The van der Waals surface area contributed by atoms with E-state index < -0.39 is 0 Å². The molecule has 2 heterocycles. The molecule has 0 aliphatic heterocycles. The molecule has 0 radical (unpaired) electrons. The molecular weight excluding hydrogens is 388 g/mol. The van der Waals surface area contributed by atoms with Gasteiger partial charge in [0, 0.05) is 6.07 Å². The Bertz CT molecular complexity index is 1220. The molecule has 0 aliphatic carbocycles. The fourth-order valence-electron chi connectivity index (χ4n) is 3.10. The fraction of sp³-hybridized carbons (Fsp3) is 0.143. The smallest absolute Gasteiger partial charge is 0.226 e. The van der Waals surface area contributed by atoms with Crippen LogP contribution in [-0.2, 0) is 0 Å². The van der Waals surface area contributed by atoms with Crippen molar-refractivity contribution in [2.75, 3.05) is 12.5 Å². The summed E-state index contributed by atoms with van der Waals surface area (Å²) in [4.78, 5) is 13.3. The quantitative estimate of drug-likeness (QED) is 0.299. The fourth-order valence-corrected chi connectivity index (χ4v) is 3.26. The second-order valence-electron chi connectivity index (χ2n) is 6.49. The van der Waals surface area contributed by atoms with Crippen molar-refractivity contribution >= 4 is 34.8 Å². The van der Waals surface area contributed by atoms with Crippen LogP contribution < -0.4 is 10.2 Å². The van der Waals surface area contributed by atoms with Gasteiger partial charge in [0.05, 0.1) is 19.0 Å². The van der Waals surface area contributed by atoms with Crippen LogP contribution in [0.4, 0.5) is 5.82 Å². The summed E-state index contributed by atoms with van der Waals surface area (Å²) in [5.41, 5.74) is 7.12. The molecule has 0 amide bonds. The van der Waals surface area contributed by atoms with E-state index in [2.05, 4.69) is 25.5 Å². The molecule has 2 aromatic heterocycles. The first-order valence-electron chi connectivity index (χ1n) is 8.98. The third-order valence-corrected chi connectivity index (χ3v) is 4.55. The molecule has 146 valence electrons. The Morgan fingerprint density at radius 2 is 1.90 bits per heavy atom. The first-order chi connectivity index (χ1) is 14.0. The number of aromatic nitrogens is 4. The highest BCUT2D eigenvalue weighted by Crippen LogP contribution is 2.27. The number of benzene rings is 2. The third-order valence-electron chi connectivity index (χ3n) is 4.39. The van der Waals surface area contributed by atoms with E-state index >= 15 is 0 Å². The van der Waals surface area contributed by atoms with Gasteiger partial charge in [0.15, 0.2) is 17.0 Å². The third kappa shape index (κ3) is 3.90. The Balaban J connectivity index is 1.74. The van der Waals surface area contributed by atoms with Crippen molar-refractivity contribution in [2.45, 2.75) is 13.8 Å². The van der Waals surface area contributed by atoms with E-state index in [4.69, 9.17) is 16.3 Å². The average molecular weight is 407 g/mol. The molecule has 0 spiro atoms. The number of nitrogens with one attached hydrogen (secondary N) is 1. The number of hydrogen-bond donors (Lipinski definition) is 1. The Labute approximate surface area is 173 Å². The largest absolute Gasteiger partial charge is 0.497 e. The van der Waals surface area contributed by atoms with Gasteiger partial charge < -0.3 is 4.74 Å². The van der Waals surface area contributed by atoms with Crippen LogP contribution in [0.5, 0.6) is 5.75 Å². The molecule has 8 heteroatoms. The van der Waals surface area contributed by atoms with Crippen molar-refractivity contribution in [3.05, 3.63) is 70.8 Å². The minimum Gasteiger partial charge on any atom is -0.497 e. The molecule has 0 aliphatic rings. The second-order valence-corrected chi connectivity index (χ2v) is 6.83. The van der Waals surface area contributed by atoms with Gasteiger partial charge in [0.1, 0.15) is 11.6 Å². The second kappa shape index (κ2) is 7.89. The van der Waals surface area contributed by atoms with E-state index in [0.717, 1.165) is 28.4 Å². The molecule has 0 bridgehead atoms. The maximum atomic E-state index is 6.19. The highest BCUT2D eigenvalue weighted by molar-refractivity contribution is 6.28. The number of ether oxygens (including phenoxy) is 1. The van der Waals surface area contributed by atoms with Crippen molar-refractivity contribution in [3.63, 3.8) is 0 Å². The minimum absolute atomic E-state index is 0.106. The Morgan fingerprint density at radius 1 is 1.07 bits per heavy atom. The number of aryl methyl sites for hydroxylation is 2. The zero-order chi connectivity index (χ0) is 20.4. The van der Waals surface area contributed by atoms with Crippen molar-refractivity contribution < 1.29 is 4.74 Å². The summed E-state index contributed by atoms with van der Waals surface area (Å²) < 4.78 is 7.24. The number of rotatable bonds is 5. The summed E-state index contributed by atoms with van der Waals surface area (Å²) in [6.07, 6.45) is 1.72. The van der Waals surface area contributed by atoms with Crippen LogP contribution in [0, 0.1) is 13.8 Å². The predicted octanol–water partition coefficient (Wildman–Crippen LogP) is 4.54. The van der Waals surface area contributed by atoms with Gasteiger partial charge in [-0.05, 0) is 43.1 Å². The van der Waals surface area contributed by atoms with Crippen LogP contribution >= 0.6 is 11.6 Å². The van der Waals surface area contributed by atoms with Crippen LogP contribution in [0.25, 0.3) is 16.9 Å². The summed E-state index contributed by atoms with van der Waals surface area (Å²) in [7, 11) is 1.63. The highest BCUT2D eigenvalue weighted by atomic mass is 35.5. The molecule has 7 nitrogen and oxygen atoms in total. The molecule has 2 aromatic carbocycles. The van der Waals surface area contributed by atoms with Crippen molar-refractivity contribution in [2.24, 2.45) is 5.10 Å². The molecule has 0 saturated carbocycles. The molecule has 1 N–H and O–H groups in total. The summed E-state index contributed by atoms with van der Waals surface area (Å²) in [6, 6.07) is 15.7. The van der Waals surface area contributed by atoms with Gasteiger partial charge in [-0.1, -0.05) is 35.9 Å². The van der Waals surface area contributed by atoms with Gasteiger partial charge >= 0.3 is 0 Å². The van der Waals surface area contributed by atoms with Gasteiger partial charge in [-0.3, -0.25) is 9.99 Å². The van der Waals surface area contributed by atoms with E-state index in [1.807, 2.05) is 66.9 Å². The van der Waals surface area contributed by atoms with E-state index in [1.54, 1.807) is 13.3 Å². The molecule has 29 heavy (non-hydrogen) atoms. The zero-order valence-corrected chi connectivity index (χ0v) is 17.0. The van der Waals surface area contributed by atoms with E-state index in [-0.39, 0.29) is 5.28 Å². The molecule has 0 saturated heterocycles. The Morgan fingerprint density at radius 3 is 2.69 bits per heavy atom. The number of halogens is 1. The normalized spacial score (nSPS) is 11.3. The van der Waals surface area contributed by atoms with Crippen LogP contribution in [0.15, 0.2) is 53.6 Å². The first-order valence-corrected chi connectivity index (χ1v) is 9.35. The van der Waals surface area contributed by atoms with Gasteiger partial charge in [-0.2, -0.15) is 15.1 Å². The number of hydrogen-bond acceptors (Lipinski definition) is 6. The van der Waals surface area contributed by atoms with E-state index in [1.165, 1.54) is 0 Å². The lowest BCUT2D eigenvalue weighted by Crippen LogP contribution is -2.01. The lowest BCUT2D eigenvalue weighted by atomic mass is 10.2. The van der Waals surface area contributed by atoms with Crippen LogP contribution in [0.3, 0.4) is 0 Å². The summed E-state index contributed by atoms with van der Waals surface area (Å²) in [5, 5.41) is 4.40. The van der Waals surface area contributed by atoms with Gasteiger partial charge in [-0.25, -0.2) is 4.98 Å². The van der Waals surface area contributed by atoms with E-state index in [0.29, 0.717) is 17.0 Å². The van der Waals surface area contributed by atoms with Crippen molar-refractivity contribution in [1.29, 1.82) is 0 Å². The predicted molar refractivity (Wildman–Crippen MR) is 115 cm³/mol. The van der Waals surface area contributed by atoms with Crippen LogP contribution in [0.1, 0.15) is 17.0 Å². The molecule has 0 unspecified atom stereocenters. The highest BCUT2D eigenvalue weighted by Gasteiger charge is 2.17. The summed E-state index contributed by atoms with van der Waals surface area (Å²) in [6.45, 7) is 3.93. The lowest BCUT2D eigenvalue weighted by Gasteiger charge is -2.08. The molecule has 0 fully saturated rings. The lowest BCUT2D eigenvalue weighted by molar-refractivity contribution is 0.414. The monoisotopic (exact) mass is 406 g/mol. The van der Waals surface area contributed by atoms with Crippen LogP contribution in [-0.4, -0.2) is 32.8 Å². The van der Waals surface area contributed by atoms with Crippen LogP contribution in [0.2, 0.25) is 5.28 Å². The number of hydrazone groups is 1. The molecular formula is C21H19ClN6O. The Kier molecular flexibility index (Phi) is 5.14. The van der Waals surface area contributed by atoms with Gasteiger partial charge in [0.2, 0.25) is 5.28 Å². The summed E-state index contributed by atoms with van der Waals surface area (Å²) >= 11 is 6.19. The number of anilines is 1. The Hall–Kier alpha value is -3.45. The number of methoxy groups -OCH3 is 1. The molecule has 4 aromatic rings. The van der Waals surface area contributed by atoms with Gasteiger partial charge in [0.25, 0.3) is 0 Å². The maximum absolute atomic E-state index is 6.19. The van der Waals surface area contributed by atoms with E-state index in [9.17, 15) is 0 Å². The molecule has 0 atom stereocenters. The van der Waals surface area contributed by atoms with Gasteiger partial charge in [-0.15, -0.1) is 0 Å². The minimum atomic E-state index is 0.106. The first kappa shape index (κ1) is 18.9. The van der Waals surface area contributed by atoms with Crippen molar-refractivity contribution in [1.82, 2.24) is 19.5 Å². The van der Waals surface area contributed by atoms with Crippen molar-refractivity contribution in [3.8, 4) is 11.4 Å². The topological polar surface area (TPSA) is 77.2 Å². The number of imidazole rings is 1. The standard InChI is InChI=1S/C21H19ClN6O/c1-13-6-4-7-15(10-13)12-23-27-19-18-20(26-21(22)25-19)28(14(2)24-18)16-8-5-9-17(11-16)29-3/h4-12H,1-3H3,(H,25,26,27)/b23-12+. The summed E-state index contributed by atoms with van der Waals surface area (Å²) in [5.74, 6) is 1.93. The zero-order valence-electron chi connectivity index (χ0n) is 16.2. The average Bonchev–Trinajstić information content (AvgIpc) is 3.04. The maximum Gasteiger partial charge on any atom is 0.226 e. The number of nitrogens with zero attached hydrogens (tertiary/aromatic N) is 5. The number of fused-ring (bicyclic) bond motifs is 1.